The van der Waals surface area contributed by atoms with Crippen molar-refractivity contribution in [2.45, 2.75) is 32.5 Å². The molecule has 0 aromatic heterocycles. The van der Waals surface area contributed by atoms with Crippen LogP contribution < -0.4 is 23.7 Å². The minimum atomic E-state index is -0.355. The Balaban J connectivity index is 1.15. The van der Waals surface area contributed by atoms with E-state index in [1.807, 2.05) is 146 Å². The Kier molecular flexibility index (Phi) is 9.66. The second kappa shape index (κ2) is 15.1. The van der Waals surface area contributed by atoms with Crippen molar-refractivity contribution in [3.63, 3.8) is 0 Å². The summed E-state index contributed by atoms with van der Waals surface area (Å²) in [5.74, 6) is 3.39. The van der Waals surface area contributed by atoms with Crippen LogP contribution >= 0.6 is 0 Å². The maximum absolute atomic E-state index is 6.65. The zero-order chi connectivity index (χ0) is 32.4. The van der Waals surface area contributed by atoms with Gasteiger partial charge in [-0.15, -0.1) is 0 Å². The first-order chi connectivity index (χ1) is 23.8. The molecule has 0 aliphatic carbocycles. The fourth-order valence-corrected chi connectivity index (χ4v) is 5.46. The summed E-state index contributed by atoms with van der Waals surface area (Å²) in [6.07, 6.45) is 3.75. The Morgan fingerprint density at radius 3 is 1.46 bits per heavy atom. The molecule has 7 rings (SSSR count). The van der Waals surface area contributed by atoms with Crippen LogP contribution in [0.4, 0.5) is 0 Å². The van der Waals surface area contributed by atoms with Crippen molar-refractivity contribution in [1.82, 2.24) is 0 Å². The van der Waals surface area contributed by atoms with E-state index in [0.29, 0.717) is 55.2 Å². The summed E-state index contributed by atoms with van der Waals surface area (Å²) in [5.41, 5.74) is 6.13. The quantitative estimate of drug-likeness (QED) is 0.118. The van der Waals surface area contributed by atoms with Crippen LogP contribution in [-0.2, 0) is 26.4 Å². The first-order valence-corrected chi connectivity index (χ1v) is 16.1. The minimum Gasteiger partial charge on any atom is -0.489 e. The maximum atomic E-state index is 6.65. The van der Waals surface area contributed by atoms with Gasteiger partial charge in [-0.25, -0.2) is 0 Å². The number of hydrogen-bond donors (Lipinski definition) is 0. The Morgan fingerprint density at radius 2 is 0.917 bits per heavy atom. The van der Waals surface area contributed by atoms with Gasteiger partial charge < -0.3 is 23.7 Å². The molecule has 1 heterocycles. The average Bonchev–Trinajstić information content (AvgIpc) is 3.16. The normalized spacial score (nSPS) is 13.2. The predicted octanol–water partition coefficient (Wildman–Crippen LogP) is 10.1. The third-order valence-corrected chi connectivity index (χ3v) is 8.03. The first kappa shape index (κ1) is 30.7. The molecule has 0 saturated carbocycles. The first-order valence-electron chi connectivity index (χ1n) is 16.1. The van der Waals surface area contributed by atoms with Crippen LogP contribution in [-0.4, -0.2) is 0 Å². The highest BCUT2D eigenvalue weighted by molar-refractivity contribution is 5.69. The van der Waals surface area contributed by atoms with Crippen molar-refractivity contribution in [1.29, 1.82) is 0 Å². The van der Waals surface area contributed by atoms with Gasteiger partial charge in [-0.3, -0.25) is 0 Å². The van der Waals surface area contributed by atoms with Crippen LogP contribution in [0.25, 0.3) is 6.08 Å². The molecule has 5 nitrogen and oxygen atoms in total. The molecule has 6 aromatic carbocycles. The maximum Gasteiger partial charge on any atom is 0.162 e. The molecule has 5 heteroatoms. The smallest absolute Gasteiger partial charge is 0.162 e. The van der Waals surface area contributed by atoms with Crippen molar-refractivity contribution in [2.75, 3.05) is 0 Å². The third kappa shape index (κ3) is 7.88. The summed E-state index contributed by atoms with van der Waals surface area (Å²) in [6, 6.07) is 50.3. The fraction of sp³-hybridized carbons (Fsp3) is 0.116. The summed E-state index contributed by atoms with van der Waals surface area (Å²) in [4.78, 5) is 0. The highest BCUT2D eigenvalue weighted by atomic mass is 16.5. The van der Waals surface area contributed by atoms with Gasteiger partial charge in [-0.05, 0) is 46.5 Å². The lowest BCUT2D eigenvalue weighted by molar-refractivity contribution is 0.237. The van der Waals surface area contributed by atoms with E-state index in [9.17, 15) is 0 Å². The van der Waals surface area contributed by atoms with E-state index < -0.39 is 0 Å². The molecule has 0 unspecified atom stereocenters. The Morgan fingerprint density at radius 1 is 0.438 bits per heavy atom. The lowest BCUT2D eigenvalue weighted by Crippen LogP contribution is -2.11. The van der Waals surface area contributed by atoms with E-state index in [1.54, 1.807) is 0 Å². The highest BCUT2D eigenvalue weighted by Crippen LogP contribution is 2.43. The van der Waals surface area contributed by atoms with Gasteiger partial charge in [0.2, 0.25) is 0 Å². The summed E-state index contributed by atoms with van der Waals surface area (Å²) < 4.78 is 31.8. The summed E-state index contributed by atoms with van der Waals surface area (Å²) in [5, 5.41) is 0. The zero-order valence-corrected chi connectivity index (χ0v) is 26.5. The second-order valence-corrected chi connectivity index (χ2v) is 11.5. The molecule has 238 valence electrons. The lowest BCUT2D eigenvalue weighted by atomic mass is 10.1. The van der Waals surface area contributed by atoms with E-state index in [4.69, 9.17) is 23.7 Å². The van der Waals surface area contributed by atoms with Crippen molar-refractivity contribution in [3.8, 4) is 28.7 Å². The van der Waals surface area contributed by atoms with Crippen LogP contribution in [0.3, 0.4) is 0 Å². The molecular weight excluding hydrogens is 597 g/mol. The van der Waals surface area contributed by atoms with E-state index in [-0.39, 0.29) is 6.10 Å². The number of ether oxygens (including phenoxy) is 5. The number of rotatable bonds is 13. The molecule has 0 N–H and O–H groups in total. The molecule has 48 heavy (non-hydrogen) atoms. The molecule has 1 aliphatic heterocycles. The third-order valence-electron chi connectivity index (χ3n) is 8.03. The molecule has 1 aliphatic rings. The van der Waals surface area contributed by atoms with Gasteiger partial charge in [0.25, 0.3) is 0 Å². The Bertz CT molecular complexity index is 1940. The van der Waals surface area contributed by atoms with Gasteiger partial charge in [-0.1, -0.05) is 127 Å². The van der Waals surface area contributed by atoms with Crippen molar-refractivity contribution >= 4 is 6.08 Å². The molecule has 0 saturated heterocycles. The molecule has 0 spiro atoms. The number of benzene rings is 6. The van der Waals surface area contributed by atoms with Crippen LogP contribution in [0.15, 0.2) is 158 Å². The summed E-state index contributed by atoms with van der Waals surface area (Å²) in [7, 11) is 0. The number of fused-ring (bicyclic) bond motifs is 1. The number of hydrogen-bond acceptors (Lipinski definition) is 5. The molecule has 0 bridgehead atoms. The van der Waals surface area contributed by atoms with E-state index >= 15 is 0 Å². The van der Waals surface area contributed by atoms with Gasteiger partial charge in [0, 0.05) is 17.7 Å². The molecule has 0 fully saturated rings. The van der Waals surface area contributed by atoms with Crippen LogP contribution in [0.2, 0.25) is 0 Å². The van der Waals surface area contributed by atoms with E-state index in [2.05, 4.69) is 18.2 Å². The summed E-state index contributed by atoms with van der Waals surface area (Å²) in [6.45, 7) is 1.72. The molecule has 0 radical (unpaired) electrons. The summed E-state index contributed by atoms with van der Waals surface area (Å²) >= 11 is 0. The largest absolute Gasteiger partial charge is 0.489 e. The van der Waals surface area contributed by atoms with Gasteiger partial charge >= 0.3 is 0 Å². The van der Waals surface area contributed by atoms with Gasteiger partial charge in [0.05, 0.1) is 5.56 Å². The van der Waals surface area contributed by atoms with Gasteiger partial charge in [-0.2, -0.15) is 0 Å². The standard InChI is InChI=1S/C43H36O5/c1-5-13-32(14-6-1)28-44-37-26-41(46-30-34-17-9-3-10-18-34)38-22-24-39(48-42(38)27-37)36-21-23-40(45-29-33-15-7-2-8-16-33)43(25-36)47-31-35-19-11-4-12-20-35/h1-27,39H,28-31H2/t39-/m0/s1/i22+1. The van der Waals surface area contributed by atoms with Crippen LogP contribution in [0, 0.1) is 0 Å². The van der Waals surface area contributed by atoms with Crippen LogP contribution in [0.5, 0.6) is 28.7 Å². The highest BCUT2D eigenvalue weighted by Gasteiger charge is 2.23. The van der Waals surface area contributed by atoms with E-state index in [0.717, 1.165) is 33.4 Å². The minimum absolute atomic E-state index is 0.355. The Labute approximate surface area is 281 Å². The molecule has 6 aromatic rings. The van der Waals surface area contributed by atoms with Crippen molar-refractivity contribution < 1.29 is 23.7 Å². The topological polar surface area (TPSA) is 46.2 Å². The zero-order valence-electron chi connectivity index (χ0n) is 26.5. The van der Waals surface area contributed by atoms with Crippen molar-refractivity contribution in [3.05, 3.63) is 191 Å². The lowest BCUT2D eigenvalue weighted by Gasteiger charge is -2.25. The van der Waals surface area contributed by atoms with Gasteiger partial charge in [0.1, 0.15) is 49.8 Å². The van der Waals surface area contributed by atoms with E-state index in [1.165, 1.54) is 0 Å². The van der Waals surface area contributed by atoms with Crippen LogP contribution in [0.1, 0.15) is 39.5 Å². The monoisotopic (exact) mass is 633 g/mol. The Hall–Kier alpha value is -5.94. The SMILES string of the molecule is C1=[13CH]c2c(OCc3ccccc3)cc(OCc3ccccc3)cc2O[C@@H]1c1ccc(OCc2ccccc2)c(OCc2ccccc2)c1. The van der Waals surface area contributed by atoms with Crippen molar-refractivity contribution in [2.24, 2.45) is 0 Å². The predicted molar refractivity (Wildman–Crippen MR) is 188 cm³/mol. The second-order valence-electron chi connectivity index (χ2n) is 11.5. The molecule has 0 amide bonds. The molecular formula is C43H36O5. The molecule has 1 atom stereocenters. The fourth-order valence-electron chi connectivity index (χ4n) is 5.46. The average molecular weight is 634 g/mol. The van der Waals surface area contributed by atoms with Gasteiger partial charge in [0.15, 0.2) is 11.5 Å².